The number of fused-ring (bicyclic) bond motifs is 1. The summed E-state index contributed by atoms with van der Waals surface area (Å²) in [6.07, 6.45) is 2.13. The van der Waals surface area contributed by atoms with Gasteiger partial charge in [0.15, 0.2) is 11.5 Å². The van der Waals surface area contributed by atoms with E-state index in [-0.39, 0.29) is 23.8 Å². The largest absolute Gasteiger partial charge is 0.493 e. The number of benzene rings is 2. The highest BCUT2D eigenvalue weighted by Gasteiger charge is 2.38. The molecule has 3 atom stereocenters. The van der Waals surface area contributed by atoms with E-state index in [0.29, 0.717) is 24.5 Å². The molecule has 0 fully saturated rings. The molecule has 30 heavy (non-hydrogen) atoms. The lowest BCUT2D eigenvalue weighted by molar-refractivity contribution is -0.948. The van der Waals surface area contributed by atoms with E-state index < -0.39 is 0 Å². The van der Waals surface area contributed by atoms with Crippen LogP contribution in [-0.2, 0) is 17.8 Å². The second-order valence-electron chi connectivity index (χ2n) is 7.78. The summed E-state index contributed by atoms with van der Waals surface area (Å²) in [5.74, 6) is 1.22. The molecule has 2 aromatic rings. The first kappa shape index (κ1) is 22.1. The molecule has 162 valence electrons. The Kier molecular flexibility index (Phi) is 7.32. The molecule has 2 N–H and O–H groups in total. The maximum atomic E-state index is 13.8. The van der Waals surface area contributed by atoms with E-state index in [2.05, 4.69) is 18.3 Å². The number of amides is 1. The highest BCUT2D eigenvalue weighted by Crippen LogP contribution is 2.35. The summed E-state index contributed by atoms with van der Waals surface area (Å²) in [7, 11) is 3.28. The summed E-state index contributed by atoms with van der Waals surface area (Å²) in [5, 5.41) is 3.21. The third-order valence-corrected chi connectivity index (χ3v) is 5.97. The number of hydrogen-bond donors (Lipinski definition) is 2. The van der Waals surface area contributed by atoms with Crippen LogP contribution >= 0.6 is 0 Å². The summed E-state index contributed by atoms with van der Waals surface area (Å²) in [4.78, 5) is 13.6. The fourth-order valence-electron chi connectivity index (χ4n) is 4.45. The van der Waals surface area contributed by atoms with Gasteiger partial charge < -0.3 is 19.7 Å². The number of halogens is 1. The predicted octanol–water partition coefficient (Wildman–Crippen LogP) is 2.83. The van der Waals surface area contributed by atoms with Gasteiger partial charge in [-0.1, -0.05) is 26.0 Å². The summed E-state index contributed by atoms with van der Waals surface area (Å²) >= 11 is 0. The molecule has 0 aliphatic carbocycles. The van der Waals surface area contributed by atoms with Gasteiger partial charge in [-0.2, -0.15) is 0 Å². The van der Waals surface area contributed by atoms with E-state index >= 15 is 0 Å². The van der Waals surface area contributed by atoms with Crippen molar-refractivity contribution in [3.05, 3.63) is 58.9 Å². The van der Waals surface area contributed by atoms with Crippen LogP contribution in [0.2, 0.25) is 0 Å². The van der Waals surface area contributed by atoms with Crippen molar-refractivity contribution in [1.82, 2.24) is 5.32 Å². The van der Waals surface area contributed by atoms with Crippen molar-refractivity contribution in [2.75, 3.05) is 20.8 Å². The Morgan fingerprint density at radius 1 is 1.20 bits per heavy atom. The molecular weight excluding hydrogens is 383 g/mol. The van der Waals surface area contributed by atoms with Crippen molar-refractivity contribution in [1.29, 1.82) is 0 Å². The molecule has 1 amide bonds. The Morgan fingerprint density at radius 2 is 1.93 bits per heavy atom. The molecule has 0 aromatic heterocycles. The smallest absolute Gasteiger partial charge is 0.220 e. The minimum absolute atomic E-state index is 0.0295. The molecule has 1 unspecified atom stereocenters. The zero-order chi connectivity index (χ0) is 21.7. The standard InChI is InChI=1S/C24H31FN2O3/c1-5-20(26-23(28)6-2)24-19-14-22(30-4)21(29-3)13-17(19)10-11-27(24)15-16-8-7-9-18(25)12-16/h7-9,12-14,20,24H,5-6,10-11,15H2,1-4H3,(H,26,28)/p+1/t20-,24+/m0/s1. The van der Waals surface area contributed by atoms with Crippen LogP contribution in [-0.4, -0.2) is 32.7 Å². The van der Waals surface area contributed by atoms with Gasteiger partial charge in [0.2, 0.25) is 5.91 Å². The topological polar surface area (TPSA) is 52.0 Å². The average Bonchev–Trinajstić information content (AvgIpc) is 2.76. The Labute approximate surface area is 178 Å². The SMILES string of the molecule is CCC(=O)N[C@@H](CC)[C@H]1c2cc(OC)c(OC)cc2CC[NH+]1Cc1cccc(F)c1. The monoisotopic (exact) mass is 415 g/mol. The fraction of sp³-hybridized carbons (Fsp3) is 0.458. The summed E-state index contributed by atoms with van der Waals surface area (Å²) < 4.78 is 24.8. The van der Waals surface area contributed by atoms with E-state index in [1.807, 2.05) is 19.1 Å². The number of carbonyl (C=O) groups is 1. The molecule has 0 spiro atoms. The number of carbonyl (C=O) groups excluding carboxylic acids is 1. The molecule has 5 nitrogen and oxygen atoms in total. The molecule has 0 bridgehead atoms. The number of ether oxygens (including phenoxy) is 2. The Morgan fingerprint density at radius 3 is 2.57 bits per heavy atom. The van der Waals surface area contributed by atoms with Crippen LogP contribution in [0.4, 0.5) is 4.39 Å². The first-order valence-corrected chi connectivity index (χ1v) is 10.6. The summed E-state index contributed by atoms with van der Waals surface area (Å²) in [5.41, 5.74) is 3.33. The number of rotatable bonds is 8. The molecule has 0 saturated heterocycles. The van der Waals surface area contributed by atoms with Crippen molar-refractivity contribution in [3.63, 3.8) is 0 Å². The van der Waals surface area contributed by atoms with Crippen LogP contribution in [0.1, 0.15) is 49.4 Å². The number of nitrogens with one attached hydrogen (secondary N) is 2. The highest BCUT2D eigenvalue weighted by atomic mass is 19.1. The van der Waals surface area contributed by atoms with Crippen molar-refractivity contribution < 1.29 is 23.6 Å². The Bertz CT molecular complexity index is 887. The summed E-state index contributed by atoms with van der Waals surface area (Å²) in [6.45, 7) is 5.54. The van der Waals surface area contributed by atoms with Crippen molar-refractivity contribution in [3.8, 4) is 11.5 Å². The number of methoxy groups -OCH3 is 2. The highest BCUT2D eigenvalue weighted by molar-refractivity contribution is 5.76. The molecule has 0 radical (unpaired) electrons. The van der Waals surface area contributed by atoms with Crippen LogP contribution in [0.15, 0.2) is 36.4 Å². The Hall–Kier alpha value is -2.60. The van der Waals surface area contributed by atoms with Gasteiger partial charge in [0.1, 0.15) is 18.4 Å². The van der Waals surface area contributed by atoms with E-state index in [0.717, 1.165) is 30.5 Å². The van der Waals surface area contributed by atoms with E-state index in [1.54, 1.807) is 26.4 Å². The van der Waals surface area contributed by atoms with E-state index in [4.69, 9.17) is 9.47 Å². The van der Waals surface area contributed by atoms with Gasteiger partial charge >= 0.3 is 0 Å². The Balaban J connectivity index is 2.03. The molecular formula is C24H32FN2O3+. The molecule has 0 saturated carbocycles. The van der Waals surface area contributed by atoms with Gasteiger partial charge in [-0.15, -0.1) is 0 Å². The van der Waals surface area contributed by atoms with Gasteiger partial charge in [0.05, 0.1) is 26.8 Å². The minimum Gasteiger partial charge on any atom is -0.493 e. The van der Waals surface area contributed by atoms with Crippen molar-refractivity contribution >= 4 is 5.91 Å². The second-order valence-corrected chi connectivity index (χ2v) is 7.78. The lowest BCUT2D eigenvalue weighted by atomic mass is 9.86. The van der Waals surface area contributed by atoms with Crippen LogP contribution in [0.3, 0.4) is 0 Å². The third kappa shape index (κ3) is 4.75. The quantitative estimate of drug-likeness (QED) is 0.697. The third-order valence-electron chi connectivity index (χ3n) is 5.97. The molecule has 1 aliphatic heterocycles. The number of hydrogen-bond acceptors (Lipinski definition) is 3. The second kappa shape index (κ2) is 9.94. The molecule has 2 aromatic carbocycles. The van der Waals surface area contributed by atoms with Crippen molar-refractivity contribution in [2.45, 2.75) is 51.7 Å². The van der Waals surface area contributed by atoms with Crippen molar-refractivity contribution in [2.24, 2.45) is 0 Å². The van der Waals surface area contributed by atoms with E-state index in [1.165, 1.54) is 16.5 Å². The lowest BCUT2D eigenvalue weighted by Gasteiger charge is -2.39. The van der Waals surface area contributed by atoms with Gasteiger partial charge in [-0.25, -0.2) is 4.39 Å². The lowest BCUT2D eigenvalue weighted by Crippen LogP contribution is -3.13. The van der Waals surface area contributed by atoms with Gasteiger partial charge in [0, 0.05) is 24.0 Å². The van der Waals surface area contributed by atoms with Crippen LogP contribution in [0.25, 0.3) is 0 Å². The number of quaternary nitrogens is 1. The van der Waals surface area contributed by atoms with Gasteiger partial charge in [-0.05, 0) is 36.2 Å². The van der Waals surface area contributed by atoms with Crippen LogP contribution in [0.5, 0.6) is 11.5 Å². The zero-order valence-corrected chi connectivity index (χ0v) is 18.3. The fourth-order valence-corrected chi connectivity index (χ4v) is 4.45. The molecule has 1 aliphatic rings. The maximum absolute atomic E-state index is 13.8. The summed E-state index contributed by atoms with van der Waals surface area (Å²) in [6, 6.07) is 10.9. The molecule has 1 heterocycles. The van der Waals surface area contributed by atoms with Gasteiger partial charge in [-0.3, -0.25) is 4.79 Å². The normalized spacial score (nSPS) is 19.0. The molecule has 6 heteroatoms. The van der Waals surface area contributed by atoms with Crippen LogP contribution in [0, 0.1) is 5.82 Å². The maximum Gasteiger partial charge on any atom is 0.220 e. The zero-order valence-electron chi connectivity index (χ0n) is 18.3. The van der Waals surface area contributed by atoms with E-state index in [9.17, 15) is 9.18 Å². The first-order valence-electron chi connectivity index (χ1n) is 10.6. The predicted molar refractivity (Wildman–Crippen MR) is 114 cm³/mol. The first-order chi connectivity index (χ1) is 14.5. The molecule has 3 rings (SSSR count). The van der Waals surface area contributed by atoms with Crippen LogP contribution < -0.4 is 19.7 Å². The average molecular weight is 416 g/mol. The van der Waals surface area contributed by atoms with Gasteiger partial charge in [0.25, 0.3) is 0 Å². The minimum atomic E-state index is -0.224.